The van der Waals surface area contributed by atoms with Gasteiger partial charge >= 0.3 is 0 Å². The number of carbonyl (C=O) groups excluding carboxylic acids is 1. The highest BCUT2D eigenvalue weighted by Crippen LogP contribution is 2.28. The minimum atomic E-state index is -3.81. The molecule has 0 fully saturated rings. The van der Waals surface area contributed by atoms with Gasteiger partial charge in [0.2, 0.25) is 0 Å². The first-order valence-electron chi connectivity index (χ1n) is 9.79. The molecule has 0 unspecified atom stereocenters. The van der Waals surface area contributed by atoms with Gasteiger partial charge in [-0.15, -0.1) is 0 Å². The summed E-state index contributed by atoms with van der Waals surface area (Å²) in [5.74, 6) is -0.282. The lowest BCUT2D eigenvalue weighted by atomic mass is 10.1. The number of sulfonamides is 1. The van der Waals surface area contributed by atoms with E-state index in [1.807, 2.05) is 48.5 Å². The molecule has 0 aliphatic rings. The number of hydrogen-bond acceptors (Lipinski definition) is 3. The average Bonchev–Trinajstić information content (AvgIpc) is 2.83. The normalized spacial score (nSPS) is 11.3. The summed E-state index contributed by atoms with van der Waals surface area (Å²) in [6.07, 6.45) is 0. The summed E-state index contributed by atoms with van der Waals surface area (Å²) in [7, 11) is -0.613. The summed E-state index contributed by atoms with van der Waals surface area (Å²) in [4.78, 5) is 14.8. The lowest BCUT2D eigenvalue weighted by Gasteiger charge is -2.21. The van der Waals surface area contributed by atoms with E-state index in [4.69, 9.17) is 0 Å². The predicted octanol–water partition coefficient (Wildman–Crippen LogP) is 4.94. The van der Waals surface area contributed by atoms with E-state index in [1.54, 1.807) is 48.3 Å². The summed E-state index contributed by atoms with van der Waals surface area (Å²) in [5, 5.41) is 1.98. The van der Waals surface area contributed by atoms with E-state index >= 15 is 0 Å². The fourth-order valence-electron chi connectivity index (χ4n) is 3.53. The van der Waals surface area contributed by atoms with Crippen LogP contribution >= 0.6 is 0 Å². The number of benzene rings is 4. The third kappa shape index (κ3) is 3.90. The molecule has 6 heteroatoms. The third-order valence-electron chi connectivity index (χ3n) is 5.29. The number of carbonyl (C=O) groups is 1. The molecule has 0 atom stereocenters. The van der Waals surface area contributed by atoms with Crippen LogP contribution in [0.2, 0.25) is 0 Å². The van der Waals surface area contributed by atoms with E-state index in [2.05, 4.69) is 0 Å². The van der Waals surface area contributed by atoms with Crippen molar-refractivity contribution in [3.63, 3.8) is 0 Å². The molecule has 0 N–H and O–H groups in total. The number of hydrogen-bond donors (Lipinski definition) is 0. The molecule has 156 valence electrons. The van der Waals surface area contributed by atoms with Gasteiger partial charge in [0.15, 0.2) is 0 Å². The zero-order valence-corrected chi connectivity index (χ0v) is 18.1. The molecule has 5 nitrogen and oxygen atoms in total. The Morgan fingerprint density at radius 2 is 1.39 bits per heavy atom. The summed E-state index contributed by atoms with van der Waals surface area (Å²) >= 11 is 0. The molecule has 4 rings (SSSR count). The topological polar surface area (TPSA) is 57.7 Å². The maximum atomic E-state index is 13.2. The Balaban J connectivity index is 1.68. The monoisotopic (exact) mass is 430 g/mol. The molecule has 4 aromatic rings. The molecule has 0 bridgehead atoms. The van der Waals surface area contributed by atoms with E-state index in [0.29, 0.717) is 11.3 Å². The molecule has 0 heterocycles. The van der Waals surface area contributed by atoms with Crippen molar-refractivity contribution >= 4 is 38.1 Å². The largest absolute Gasteiger partial charge is 0.311 e. The molecule has 0 aliphatic carbocycles. The molecular formula is C25H22N2O3S. The van der Waals surface area contributed by atoms with E-state index in [1.165, 1.54) is 23.5 Å². The SMILES string of the molecule is CN(C(=O)c1cccc(S(=O)(=O)N(C)c2ccccc2)c1)c1cccc2ccccc12. The molecule has 31 heavy (non-hydrogen) atoms. The second-order valence-corrected chi connectivity index (χ2v) is 9.17. The lowest BCUT2D eigenvalue weighted by molar-refractivity contribution is 0.0993. The summed E-state index contributed by atoms with van der Waals surface area (Å²) < 4.78 is 27.5. The molecule has 0 aliphatic heterocycles. The van der Waals surface area contributed by atoms with Gasteiger partial charge in [-0.2, -0.15) is 0 Å². The summed E-state index contributed by atoms with van der Waals surface area (Å²) in [6, 6.07) is 28.6. The van der Waals surface area contributed by atoms with Crippen molar-refractivity contribution in [2.75, 3.05) is 23.3 Å². The quantitative estimate of drug-likeness (QED) is 0.451. The van der Waals surface area contributed by atoms with Crippen LogP contribution in [0.3, 0.4) is 0 Å². The zero-order chi connectivity index (χ0) is 22.0. The molecule has 0 spiro atoms. The second-order valence-electron chi connectivity index (χ2n) is 7.20. The minimum absolute atomic E-state index is 0.0658. The molecule has 0 saturated heterocycles. The van der Waals surface area contributed by atoms with E-state index in [9.17, 15) is 13.2 Å². The third-order valence-corrected chi connectivity index (χ3v) is 7.07. The van der Waals surface area contributed by atoms with Crippen molar-refractivity contribution in [3.05, 3.63) is 103 Å². The van der Waals surface area contributed by atoms with Crippen molar-refractivity contribution in [2.45, 2.75) is 4.90 Å². The van der Waals surface area contributed by atoms with Gasteiger partial charge in [-0.1, -0.05) is 60.7 Å². The van der Waals surface area contributed by atoms with Gasteiger partial charge in [0, 0.05) is 25.0 Å². The molecule has 0 radical (unpaired) electrons. The Morgan fingerprint density at radius 1 is 0.742 bits per heavy atom. The highest BCUT2D eigenvalue weighted by Gasteiger charge is 2.23. The number of para-hydroxylation sites is 1. The molecule has 4 aromatic carbocycles. The van der Waals surface area contributed by atoms with E-state index in [0.717, 1.165) is 16.5 Å². The summed E-state index contributed by atoms with van der Waals surface area (Å²) in [5.41, 5.74) is 1.61. The molecular weight excluding hydrogens is 408 g/mol. The van der Waals surface area contributed by atoms with Crippen LogP contribution in [0.15, 0.2) is 102 Å². The van der Waals surface area contributed by atoms with Gasteiger partial charge in [0.05, 0.1) is 16.3 Å². The predicted molar refractivity (Wildman–Crippen MR) is 125 cm³/mol. The number of nitrogens with zero attached hydrogens (tertiary/aromatic N) is 2. The number of amides is 1. The first-order chi connectivity index (χ1) is 14.9. The number of rotatable bonds is 5. The van der Waals surface area contributed by atoms with E-state index in [-0.39, 0.29) is 10.8 Å². The van der Waals surface area contributed by atoms with Gasteiger partial charge < -0.3 is 4.90 Å². The van der Waals surface area contributed by atoms with Crippen molar-refractivity contribution in [3.8, 4) is 0 Å². The fourth-order valence-corrected chi connectivity index (χ4v) is 4.77. The van der Waals surface area contributed by atoms with Crippen LogP contribution in [0, 0.1) is 0 Å². The van der Waals surface area contributed by atoms with Crippen molar-refractivity contribution < 1.29 is 13.2 Å². The highest BCUT2D eigenvalue weighted by molar-refractivity contribution is 7.92. The Kier molecular flexibility index (Phi) is 5.48. The van der Waals surface area contributed by atoms with Crippen LogP contribution < -0.4 is 9.21 Å². The molecule has 0 aromatic heterocycles. The average molecular weight is 431 g/mol. The standard InChI is InChI=1S/C25H22N2O3S/c1-26(24-17-9-11-19-10-6-7-16-23(19)24)25(28)20-12-8-15-22(18-20)31(29,30)27(2)21-13-4-3-5-14-21/h3-18H,1-2H3. The minimum Gasteiger partial charge on any atom is -0.311 e. The molecule has 1 amide bonds. The smallest absolute Gasteiger partial charge is 0.264 e. The Morgan fingerprint density at radius 3 is 2.16 bits per heavy atom. The van der Waals surface area contributed by atoms with E-state index < -0.39 is 10.0 Å². The Hall–Kier alpha value is -3.64. The van der Waals surface area contributed by atoms with Gasteiger partial charge in [-0.25, -0.2) is 8.42 Å². The van der Waals surface area contributed by atoms with Crippen molar-refractivity contribution in [2.24, 2.45) is 0 Å². The Bertz CT molecular complexity index is 1350. The first kappa shape index (κ1) is 20.6. The maximum Gasteiger partial charge on any atom is 0.264 e. The second kappa shape index (κ2) is 8.24. The Labute approximate surface area is 182 Å². The summed E-state index contributed by atoms with van der Waals surface area (Å²) in [6.45, 7) is 0. The molecule has 0 saturated carbocycles. The highest BCUT2D eigenvalue weighted by atomic mass is 32.2. The number of anilines is 2. The van der Waals surface area contributed by atoms with Gasteiger partial charge in [0.1, 0.15) is 0 Å². The van der Waals surface area contributed by atoms with Gasteiger partial charge in [-0.05, 0) is 41.8 Å². The fraction of sp³-hybridized carbons (Fsp3) is 0.0800. The van der Waals surface area contributed by atoms with Crippen LogP contribution in [-0.4, -0.2) is 28.4 Å². The lowest BCUT2D eigenvalue weighted by Crippen LogP contribution is -2.28. The number of fused-ring (bicyclic) bond motifs is 1. The maximum absolute atomic E-state index is 13.2. The van der Waals surface area contributed by atoms with Crippen LogP contribution in [0.4, 0.5) is 11.4 Å². The van der Waals surface area contributed by atoms with Gasteiger partial charge in [-0.3, -0.25) is 9.10 Å². The van der Waals surface area contributed by atoms with Crippen molar-refractivity contribution in [1.29, 1.82) is 0 Å². The van der Waals surface area contributed by atoms with Crippen LogP contribution in [0.5, 0.6) is 0 Å². The van der Waals surface area contributed by atoms with Gasteiger partial charge in [0.25, 0.3) is 15.9 Å². The first-order valence-corrected chi connectivity index (χ1v) is 11.2. The van der Waals surface area contributed by atoms with Crippen molar-refractivity contribution in [1.82, 2.24) is 0 Å². The zero-order valence-electron chi connectivity index (χ0n) is 17.3. The van der Waals surface area contributed by atoms with Crippen LogP contribution in [0.1, 0.15) is 10.4 Å². The van der Waals surface area contributed by atoms with Crippen LogP contribution in [0.25, 0.3) is 10.8 Å². The van der Waals surface area contributed by atoms with Crippen LogP contribution in [-0.2, 0) is 10.0 Å².